The zero-order valence-corrected chi connectivity index (χ0v) is 15.9. The summed E-state index contributed by atoms with van der Waals surface area (Å²) >= 11 is 0. The van der Waals surface area contributed by atoms with Gasteiger partial charge in [0.2, 0.25) is 0 Å². The molecule has 3 saturated carbocycles. The van der Waals surface area contributed by atoms with Crippen molar-refractivity contribution < 1.29 is 0 Å². The van der Waals surface area contributed by atoms with Crippen molar-refractivity contribution in [2.45, 2.75) is 71.8 Å². The Hall–Kier alpha value is -0.820. The average molecular weight is 326 g/mol. The highest BCUT2D eigenvalue weighted by Crippen LogP contribution is 2.69. The molecule has 1 nitrogen and oxygen atoms in total. The molecule has 4 aliphatic carbocycles. The Morgan fingerprint density at radius 2 is 1.88 bits per heavy atom. The van der Waals surface area contributed by atoms with Gasteiger partial charge in [-0.1, -0.05) is 50.6 Å². The van der Waals surface area contributed by atoms with Crippen LogP contribution in [-0.4, -0.2) is 6.04 Å². The molecule has 0 aliphatic heterocycles. The molecular formula is C23H35N. The highest BCUT2D eigenvalue weighted by Gasteiger charge is 2.64. The van der Waals surface area contributed by atoms with Crippen LogP contribution >= 0.6 is 0 Å². The summed E-state index contributed by atoms with van der Waals surface area (Å²) in [6.45, 7) is 15.9. The minimum Gasteiger partial charge on any atom is -0.327 e. The van der Waals surface area contributed by atoms with Gasteiger partial charge in [0.1, 0.15) is 0 Å². The Kier molecular flexibility index (Phi) is 3.53. The molecule has 0 bridgehead atoms. The molecule has 0 amide bonds. The largest absolute Gasteiger partial charge is 0.327 e. The van der Waals surface area contributed by atoms with Crippen LogP contribution in [0.1, 0.15) is 65.7 Å². The van der Waals surface area contributed by atoms with Crippen LogP contribution in [0.2, 0.25) is 0 Å². The molecule has 132 valence electrons. The Labute approximate surface area is 148 Å². The molecule has 0 saturated heterocycles. The van der Waals surface area contributed by atoms with Gasteiger partial charge in [-0.2, -0.15) is 0 Å². The number of hydrogen-bond donors (Lipinski definition) is 1. The van der Waals surface area contributed by atoms with Crippen molar-refractivity contribution in [2.24, 2.45) is 39.7 Å². The van der Waals surface area contributed by atoms with Crippen molar-refractivity contribution in [3.05, 3.63) is 36.5 Å². The lowest BCUT2D eigenvalue weighted by molar-refractivity contribution is -0.0628. The molecule has 0 heterocycles. The van der Waals surface area contributed by atoms with Gasteiger partial charge in [0.05, 0.1) is 0 Å². The van der Waals surface area contributed by atoms with Crippen LogP contribution in [0.15, 0.2) is 36.5 Å². The van der Waals surface area contributed by atoms with Crippen LogP contribution in [0, 0.1) is 34.0 Å². The molecule has 1 heteroatoms. The van der Waals surface area contributed by atoms with E-state index < -0.39 is 0 Å². The third kappa shape index (κ3) is 1.86. The predicted molar refractivity (Wildman–Crippen MR) is 103 cm³/mol. The van der Waals surface area contributed by atoms with Gasteiger partial charge >= 0.3 is 0 Å². The summed E-state index contributed by atoms with van der Waals surface area (Å²) < 4.78 is 0. The van der Waals surface area contributed by atoms with Gasteiger partial charge in [0.25, 0.3) is 0 Å². The fraction of sp³-hybridized carbons (Fsp3) is 0.739. The van der Waals surface area contributed by atoms with E-state index in [0.29, 0.717) is 10.8 Å². The van der Waals surface area contributed by atoms with Gasteiger partial charge in [-0.3, -0.25) is 0 Å². The third-order valence-corrected chi connectivity index (χ3v) is 9.40. The molecule has 2 N–H and O–H groups in total. The summed E-state index contributed by atoms with van der Waals surface area (Å²) in [5.41, 5.74) is 10.6. The topological polar surface area (TPSA) is 26.0 Å². The fourth-order valence-corrected chi connectivity index (χ4v) is 7.40. The van der Waals surface area contributed by atoms with E-state index in [1.54, 1.807) is 5.57 Å². The van der Waals surface area contributed by atoms with E-state index in [4.69, 9.17) is 5.73 Å². The fourth-order valence-electron chi connectivity index (χ4n) is 7.40. The highest BCUT2D eigenvalue weighted by atomic mass is 14.8. The Morgan fingerprint density at radius 1 is 1.12 bits per heavy atom. The maximum Gasteiger partial charge on any atom is 0.0136 e. The zero-order valence-electron chi connectivity index (χ0n) is 15.9. The Balaban J connectivity index is 1.72. The lowest BCUT2D eigenvalue weighted by Crippen LogP contribution is -2.52. The molecule has 0 aromatic rings. The molecule has 0 aromatic heterocycles. The summed E-state index contributed by atoms with van der Waals surface area (Å²) in [6.07, 6.45) is 13.7. The van der Waals surface area contributed by atoms with Crippen LogP contribution in [0.5, 0.6) is 0 Å². The van der Waals surface area contributed by atoms with Crippen LogP contribution in [0.25, 0.3) is 0 Å². The van der Waals surface area contributed by atoms with Gasteiger partial charge in [-0.05, 0) is 73.5 Å². The Bertz CT molecular complexity index is 616. The van der Waals surface area contributed by atoms with Crippen LogP contribution in [-0.2, 0) is 0 Å². The monoisotopic (exact) mass is 325 g/mol. The summed E-state index contributed by atoms with van der Waals surface area (Å²) in [4.78, 5) is 0. The minimum absolute atomic E-state index is 0.0977. The molecule has 6 unspecified atom stereocenters. The normalized spacial score (nSPS) is 53.7. The van der Waals surface area contributed by atoms with Crippen molar-refractivity contribution in [3.8, 4) is 0 Å². The standard InChI is InChI=1S/C23H35N/c1-6-22(4)20(24)14-19-17-8-7-16-13-15(2)9-11-21(16,3)18(17)10-12-23(19,22)5/h6,13,17-20H,1-2,7-12,14,24H2,3-5H3/t17?,18?,19?,20?,21?,22-,23?/m1/s1. The molecule has 0 aromatic carbocycles. The van der Waals surface area contributed by atoms with Crippen molar-refractivity contribution >= 4 is 0 Å². The van der Waals surface area contributed by atoms with E-state index in [9.17, 15) is 0 Å². The van der Waals surface area contributed by atoms with Crippen molar-refractivity contribution in [1.29, 1.82) is 0 Å². The first-order valence-electron chi connectivity index (χ1n) is 10.0. The van der Waals surface area contributed by atoms with E-state index in [1.165, 1.54) is 50.5 Å². The number of fused-ring (bicyclic) bond motifs is 5. The average Bonchev–Trinajstić information content (AvgIpc) is 2.76. The van der Waals surface area contributed by atoms with Crippen molar-refractivity contribution in [2.75, 3.05) is 0 Å². The molecule has 3 fully saturated rings. The second-order valence-corrected chi connectivity index (χ2v) is 9.95. The maximum atomic E-state index is 6.68. The smallest absolute Gasteiger partial charge is 0.0136 e. The van der Waals surface area contributed by atoms with E-state index in [1.807, 2.05) is 0 Å². The number of nitrogens with two attached hydrogens (primary N) is 1. The summed E-state index contributed by atoms with van der Waals surface area (Å²) in [5, 5.41) is 0. The summed E-state index contributed by atoms with van der Waals surface area (Å²) in [6, 6.07) is 0.277. The van der Waals surface area contributed by atoms with E-state index in [-0.39, 0.29) is 11.5 Å². The quantitative estimate of drug-likeness (QED) is 0.621. The predicted octanol–water partition coefficient (Wildman–Crippen LogP) is 5.63. The molecule has 24 heavy (non-hydrogen) atoms. The Morgan fingerprint density at radius 3 is 2.58 bits per heavy atom. The number of hydrogen-bond acceptors (Lipinski definition) is 1. The first-order valence-corrected chi connectivity index (χ1v) is 10.0. The molecule has 0 spiro atoms. The van der Waals surface area contributed by atoms with E-state index >= 15 is 0 Å². The second-order valence-electron chi connectivity index (χ2n) is 9.95. The summed E-state index contributed by atoms with van der Waals surface area (Å²) in [7, 11) is 0. The van der Waals surface area contributed by atoms with Crippen molar-refractivity contribution in [1.82, 2.24) is 0 Å². The van der Waals surface area contributed by atoms with E-state index in [2.05, 4.69) is 46.1 Å². The molecule has 4 aliphatic rings. The van der Waals surface area contributed by atoms with E-state index in [0.717, 1.165) is 17.8 Å². The van der Waals surface area contributed by atoms with Gasteiger partial charge in [-0.15, -0.1) is 6.58 Å². The number of rotatable bonds is 1. The zero-order chi connectivity index (χ0) is 17.3. The molecule has 7 atom stereocenters. The molecule has 0 radical (unpaired) electrons. The lowest BCUT2D eigenvalue weighted by atomic mass is 9.45. The minimum atomic E-state index is 0.0977. The third-order valence-electron chi connectivity index (χ3n) is 9.40. The summed E-state index contributed by atoms with van der Waals surface area (Å²) in [5.74, 6) is 2.48. The van der Waals surface area contributed by atoms with Crippen LogP contribution in [0.3, 0.4) is 0 Å². The van der Waals surface area contributed by atoms with Gasteiger partial charge in [-0.25, -0.2) is 0 Å². The first kappa shape index (κ1) is 16.6. The number of allylic oxidation sites excluding steroid dienone is 3. The van der Waals surface area contributed by atoms with Gasteiger partial charge < -0.3 is 5.73 Å². The first-order chi connectivity index (χ1) is 11.3. The molecular weight excluding hydrogens is 290 g/mol. The van der Waals surface area contributed by atoms with Gasteiger partial charge in [0, 0.05) is 11.5 Å². The second kappa shape index (κ2) is 5.10. The lowest BCUT2D eigenvalue weighted by Gasteiger charge is -2.59. The maximum absolute atomic E-state index is 6.68. The SMILES string of the molecule is C=C[C@]1(C)C(N)CC2C3CCC4=CC(=C)CCC4(C)C3CCC21C. The van der Waals surface area contributed by atoms with Crippen molar-refractivity contribution in [3.63, 3.8) is 0 Å². The van der Waals surface area contributed by atoms with Crippen LogP contribution < -0.4 is 5.73 Å². The van der Waals surface area contributed by atoms with Crippen LogP contribution in [0.4, 0.5) is 0 Å². The highest BCUT2D eigenvalue weighted by molar-refractivity contribution is 5.34. The van der Waals surface area contributed by atoms with Gasteiger partial charge in [0.15, 0.2) is 0 Å². The molecule has 4 rings (SSSR count).